The molecule has 88 valence electrons. The van der Waals surface area contributed by atoms with Crippen molar-refractivity contribution in [1.29, 1.82) is 0 Å². The molecule has 0 amide bonds. The van der Waals surface area contributed by atoms with Crippen molar-refractivity contribution in [3.8, 4) is 0 Å². The van der Waals surface area contributed by atoms with Gasteiger partial charge in [-0.3, -0.25) is 4.79 Å². The molecule has 0 spiro atoms. The van der Waals surface area contributed by atoms with E-state index in [2.05, 4.69) is 22.0 Å². The summed E-state index contributed by atoms with van der Waals surface area (Å²) in [6.45, 7) is 0. The number of carbonyl (C=O) groups excluding carboxylic acids is 1. The molecule has 16 heavy (non-hydrogen) atoms. The molecule has 0 N–H and O–H groups in total. The fraction of sp³-hybridized carbons (Fsp3) is 0.615. The third-order valence-electron chi connectivity index (χ3n) is 3.23. The molecule has 1 nitrogen and oxygen atoms in total. The Labute approximate surface area is 109 Å². The fourth-order valence-electron chi connectivity index (χ4n) is 2.43. The van der Waals surface area contributed by atoms with Crippen LogP contribution in [0.15, 0.2) is 15.9 Å². The van der Waals surface area contributed by atoms with Gasteiger partial charge in [0.25, 0.3) is 0 Å². The lowest BCUT2D eigenvalue weighted by atomic mass is 9.85. The summed E-state index contributed by atoms with van der Waals surface area (Å²) in [4.78, 5) is 13.1. The van der Waals surface area contributed by atoms with Crippen LogP contribution in [-0.2, 0) is 11.2 Å². The van der Waals surface area contributed by atoms with Crippen LogP contribution in [-0.4, -0.2) is 5.78 Å². The highest BCUT2D eigenvalue weighted by atomic mass is 79.9. The van der Waals surface area contributed by atoms with Gasteiger partial charge in [0.15, 0.2) is 0 Å². The molecule has 3 heteroatoms. The minimum Gasteiger partial charge on any atom is -0.299 e. The lowest BCUT2D eigenvalue weighted by Gasteiger charge is -2.20. The summed E-state index contributed by atoms with van der Waals surface area (Å²) in [6.07, 6.45) is 7.97. The minimum atomic E-state index is 0.418. The van der Waals surface area contributed by atoms with Crippen LogP contribution in [0.2, 0.25) is 0 Å². The van der Waals surface area contributed by atoms with Crippen LogP contribution in [0.5, 0.6) is 0 Å². The summed E-state index contributed by atoms with van der Waals surface area (Å²) in [5, 5.41) is 2.04. The van der Waals surface area contributed by atoms with Crippen molar-refractivity contribution >= 4 is 33.0 Å². The molecule has 1 aliphatic rings. The molecule has 0 bridgehead atoms. The predicted molar refractivity (Wildman–Crippen MR) is 71.9 cm³/mol. The molecule has 1 fully saturated rings. The van der Waals surface area contributed by atoms with Crippen molar-refractivity contribution in [3.05, 3.63) is 20.8 Å². The van der Waals surface area contributed by atoms with Crippen LogP contribution in [0, 0.1) is 5.92 Å². The maximum atomic E-state index is 11.9. The monoisotopic (exact) mass is 300 g/mol. The first-order chi connectivity index (χ1) is 7.74. The van der Waals surface area contributed by atoms with E-state index in [0.29, 0.717) is 18.1 Å². The third-order valence-corrected chi connectivity index (χ3v) is 4.93. The minimum absolute atomic E-state index is 0.418. The zero-order valence-electron chi connectivity index (χ0n) is 9.38. The van der Waals surface area contributed by atoms with Gasteiger partial charge in [-0.1, -0.05) is 32.1 Å². The van der Waals surface area contributed by atoms with Gasteiger partial charge in [-0.15, -0.1) is 11.3 Å². The molecule has 1 aliphatic carbocycles. The van der Waals surface area contributed by atoms with E-state index in [0.717, 1.165) is 10.9 Å². The van der Waals surface area contributed by atoms with Gasteiger partial charge >= 0.3 is 0 Å². The van der Waals surface area contributed by atoms with E-state index in [1.165, 1.54) is 37.0 Å². The van der Waals surface area contributed by atoms with E-state index < -0.39 is 0 Å². The van der Waals surface area contributed by atoms with Gasteiger partial charge in [-0.05, 0) is 27.9 Å². The SMILES string of the molecule is O=C(Cc1cc(Br)cs1)CC1CCCCC1. The first kappa shape index (κ1) is 12.3. The molecule has 0 aliphatic heterocycles. The van der Waals surface area contributed by atoms with E-state index >= 15 is 0 Å². The standard InChI is InChI=1S/C13H17BrOS/c14-11-7-13(16-9-11)8-12(15)6-10-4-2-1-3-5-10/h7,9-10H,1-6,8H2. The Kier molecular flexibility index (Phi) is 4.59. The Morgan fingerprint density at radius 3 is 2.75 bits per heavy atom. The Bertz CT molecular complexity index is 353. The summed E-state index contributed by atoms with van der Waals surface area (Å²) < 4.78 is 1.10. The second-order valence-corrected chi connectivity index (χ2v) is 6.57. The Hall–Kier alpha value is -0.150. The molecule has 1 aromatic heterocycles. The van der Waals surface area contributed by atoms with E-state index in [-0.39, 0.29) is 0 Å². The van der Waals surface area contributed by atoms with Crippen molar-refractivity contribution < 1.29 is 4.79 Å². The summed E-state index contributed by atoms with van der Waals surface area (Å²) in [6, 6.07) is 2.06. The number of hydrogen-bond donors (Lipinski definition) is 0. The Morgan fingerprint density at radius 1 is 1.38 bits per heavy atom. The van der Waals surface area contributed by atoms with Crippen molar-refractivity contribution in [2.24, 2.45) is 5.92 Å². The van der Waals surface area contributed by atoms with Crippen molar-refractivity contribution in [2.45, 2.75) is 44.9 Å². The van der Waals surface area contributed by atoms with Gasteiger partial charge in [-0.2, -0.15) is 0 Å². The first-order valence-corrected chi connectivity index (χ1v) is 7.66. The molecule has 0 aromatic carbocycles. The molecule has 1 saturated carbocycles. The second-order valence-electron chi connectivity index (χ2n) is 4.65. The highest BCUT2D eigenvalue weighted by molar-refractivity contribution is 9.10. The molecule has 1 aromatic rings. The number of hydrogen-bond acceptors (Lipinski definition) is 2. The van der Waals surface area contributed by atoms with E-state index in [1.54, 1.807) is 11.3 Å². The van der Waals surface area contributed by atoms with Crippen LogP contribution >= 0.6 is 27.3 Å². The van der Waals surface area contributed by atoms with Crippen LogP contribution < -0.4 is 0 Å². The lowest BCUT2D eigenvalue weighted by Crippen LogP contribution is -2.13. The Morgan fingerprint density at radius 2 is 2.12 bits per heavy atom. The smallest absolute Gasteiger partial charge is 0.138 e. The number of Topliss-reactive ketones (excluding diaryl/α,β-unsaturated/α-hetero) is 1. The van der Waals surface area contributed by atoms with Gasteiger partial charge in [0, 0.05) is 27.6 Å². The summed E-state index contributed by atoms with van der Waals surface area (Å²) >= 11 is 5.09. The summed E-state index contributed by atoms with van der Waals surface area (Å²) in [7, 11) is 0. The second kappa shape index (κ2) is 5.97. The van der Waals surface area contributed by atoms with Gasteiger partial charge < -0.3 is 0 Å². The largest absolute Gasteiger partial charge is 0.299 e. The average molecular weight is 301 g/mol. The van der Waals surface area contributed by atoms with E-state index in [1.807, 2.05) is 5.38 Å². The molecule has 0 atom stereocenters. The molecule has 0 radical (unpaired) electrons. The number of halogens is 1. The normalized spacial score (nSPS) is 17.6. The van der Waals surface area contributed by atoms with Crippen molar-refractivity contribution in [2.75, 3.05) is 0 Å². The van der Waals surface area contributed by atoms with Crippen molar-refractivity contribution in [1.82, 2.24) is 0 Å². The molecule has 0 saturated heterocycles. The maximum Gasteiger partial charge on any atom is 0.138 e. The van der Waals surface area contributed by atoms with Crippen molar-refractivity contribution in [3.63, 3.8) is 0 Å². The lowest BCUT2D eigenvalue weighted by molar-refractivity contribution is -0.119. The zero-order valence-corrected chi connectivity index (χ0v) is 11.8. The molecular weight excluding hydrogens is 284 g/mol. The van der Waals surface area contributed by atoms with Gasteiger partial charge in [0.05, 0.1) is 0 Å². The van der Waals surface area contributed by atoms with Gasteiger partial charge in [0.2, 0.25) is 0 Å². The van der Waals surface area contributed by atoms with Crippen LogP contribution in [0.1, 0.15) is 43.4 Å². The number of ketones is 1. The van der Waals surface area contributed by atoms with Gasteiger partial charge in [0.1, 0.15) is 5.78 Å². The van der Waals surface area contributed by atoms with Crippen LogP contribution in [0.3, 0.4) is 0 Å². The molecular formula is C13H17BrOS. The quantitative estimate of drug-likeness (QED) is 0.794. The molecule has 1 heterocycles. The summed E-state index contributed by atoms with van der Waals surface area (Å²) in [5.74, 6) is 1.09. The third kappa shape index (κ3) is 3.70. The Balaban J connectivity index is 1.79. The highest BCUT2D eigenvalue weighted by Crippen LogP contribution is 2.27. The maximum absolute atomic E-state index is 11.9. The van der Waals surface area contributed by atoms with Crippen LogP contribution in [0.4, 0.5) is 0 Å². The number of rotatable bonds is 4. The predicted octanol–water partition coefficient (Wildman–Crippen LogP) is 4.59. The van der Waals surface area contributed by atoms with E-state index in [4.69, 9.17) is 0 Å². The highest BCUT2D eigenvalue weighted by Gasteiger charge is 2.17. The molecule has 2 rings (SSSR count). The topological polar surface area (TPSA) is 17.1 Å². The average Bonchev–Trinajstić information content (AvgIpc) is 2.65. The number of thiophene rings is 1. The summed E-state index contributed by atoms with van der Waals surface area (Å²) in [5.41, 5.74) is 0. The zero-order chi connectivity index (χ0) is 11.4. The molecule has 0 unspecified atom stereocenters. The fourth-order valence-corrected chi connectivity index (χ4v) is 3.91. The van der Waals surface area contributed by atoms with Gasteiger partial charge in [-0.25, -0.2) is 0 Å². The first-order valence-electron chi connectivity index (χ1n) is 5.98. The number of carbonyl (C=O) groups is 1. The van der Waals surface area contributed by atoms with E-state index in [9.17, 15) is 4.79 Å². The van der Waals surface area contributed by atoms with Crippen LogP contribution in [0.25, 0.3) is 0 Å².